The Bertz CT molecular complexity index is 752. The summed E-state index contributed by atoms with van der Waals surface area (Å²) >= 11 is 3.60. The van der Waals surface area contributed by atoms with Crippen LogP contribution in [0.4, 0.5) is 0 Å². The number of H-pyrrole nitrogens is 1. The average Bonchev–Trinajstić information content (AvgIpc) is 2.86. The lowest BCUT2D eigenvalue weighted by atomic mass is 9.86. The number of rotatable bonds is 3. The van der Waals surface area contributed by atoms with E-state index < -0.39 is 5.97 Å². The summed E-state index contributed by atoms with van der Waals surface area (Å²) in [6.07, 6.45) is 1.21. The Kier molecular flexibility index (Phi) is 3.95. The van der Waals surface area contributed by atoms with Crippen LogP contribution < -0.4 is 0 Å². The number of hydrogen-bond donors (Lipinski definition) is 2. The maximum atomic E-state index is 12.0. The molecule has 1 aromatic heterocycles. The molecule has 116 valence electrons. The summed E-state index contributed by atoms with van der Waals surface area (Å²) in [6.45, 7) is 2.16. The molecule has 0 saturated heterocycles. The second-order valence-electron chi connectivity index (χ2n) is 5.41. The lowest BCUT2D eigenvalue weighted by molar-refractivity contribution is -0.148. The summed E-state index contributed by atoms with van der Waals surface area (Å²) in [5.74, 6) is -1.36. The Morgan fingerprint density at radius 3 is 2.91 bits per heavy atom. The number of alkyl halides is 1. The van der Waals surface area contributed by atoms with Crippen molar-refractivity contribution in [1.82, 2.24) is 4.98 Å². The molecule has 0 aliphatic heterocycles. The number of carboxylic acid groups (broad SMARTS) is 1. The van der Waals surface area contributed by atoms with Crippen LogP contribution in [0.1, 0.15) is 39.8 Å². The van der Waals surface area contributed by atoms with E-state index in [-0.39, 0.29) is 22.3 Å². The predicted molar refractivity (Wildman–Crippen MR) is 85.4 cm³/mol. The third kappa shape index (κ3) is 2.41. The number of carbonyl (C=O) groups excluding carboxylic acids is 1. The first-order valence-corrected chi connectivity index (χ1v) is 8.12. The number of fused-ring (bicyclic) bond motifs is 3. The molecule has 1 aromatic carbocycles. The van der Waals surface area contributed by atoms with E-state index in [1.165, 1.54) is 0 Å². The zero-order valence-electron chi connectivity index (χ0n) is 12.1. The topological polar surface area (TPSA) is 79.4 Å². The monoisotopic (exact) mass is 365 g/mol. The van der Waals surface area contributed by atoms with Crippen LogP contribution in [-0.4, -0.2) is 28.6 Å². The maximum Gasteiger partial charge on any atom is 0.337 e. The van der Waals surface area contributed by atoms with Crippen molar-refractivity contribution in [3.63, 3.8) is 0 Å². The quantitative estimate of drug-likeness (QED) is 0.644. The minimum Gasteiger partial charge on any atom is -0.478 e. The van der Waals surface area contributed by atoms with Gasteiger partial charge in [-0.15, -0.1) is 0 Å². The molecular formula is C16H16BrNO4. The van der Waals surface area contributed by atoms with Crippen LogP contribution in [-0.2, 0) is 16.0 Å². The lowest BCUT2D eigenvalue weighted by Crippen LogP contribution is -2.25. The molecule has 0 spiro atoms. The molecular weight excluding hydrogens is 350 g/mol. The molecule has 5 nitrogen and oxygen atoms in total. The fourth-order valence-corrected chi connectivity index (χ4v) is 3.94. The molecule has 0 radical (unpaired) electrons. The average molecular weight is 366 g/mol. The largest absolute Gasteiger partial charge is 0.478 e. The predicted octanol–water partition coefficient (Wildman–Crippen LogP) is 3.43. The molecule has 0 fully saturated rings. The van der Waals surface area contributed by atoms with Gasteiger partial charge in [-0.2, -0.15) is 0 Å². The van der Waals surface area contributed by atoms with Gasteiger partial charge in [0.05, 0.1) is 28.4 Å². The molecule has 1 aliphatic carbocycles. The molecule has 6 heteroatoms. The van der Waals surface area contributed by atoms with Crippen LogP contribution in [0.5, 0.6) is 0 Å². The van der Waals surface area contributed by atoms with Gasteiger partial charge < -0.3 is 14.8 Å². The number of para-hydroxylation sites is 1. The van der Waals surface area contributed by atoms with Crippen molar-refractivity contribution in [2.75, 3.05) is 6.61 Å². The van der Waals surface area contributed by atoms with E-state index in [0.29, 0.717) is 25.0 Å². The van der Waals surface area contributed by atoms with Gasteiger partial charge in [-0.05, 0) is 31.4 Å². The highest BCUT2D eigenvalue weighted by Crippen LogP contribution is 2.42. The summed E-state index contributed by atoms with van der Waals surface area (Å²) in [6, 6.07) is 5.21. The van der Waals surface area contributed by atoms with Gasteiger partial charge in [-0.3, -0.25) is 4.79 Å². The van der Waals surface area contributed by atoms with Crippen LogP contribution in [0.2, 0.25) is 0 Å². The number of ether oxygens (including phenoxy) is 1. The zero-order valence-corrected chi connectivity index (χ0v) is 13.6. The molecule has 1 aliphatic rings. The lowest BCUT2D eigenvalue weighted by Gasteiger charge is -2.24. The minimum absolute atomic E-state index is 0.0142. The van der Waals surface area contributed by atoms with E-state index in [9.17, 15) is 14.7 Å². The van der Waals surface area contributed by atoms with E-state index >= 15 is 0 Å². The first-order chi connectivity index (χ1) is 10.5. The van der Waals surface area contributed by atoms with E-state index in [4.69, 9.17) is 4.74 Å². The van der Waals surface area contributed by atoms with Crippen molar-refractivity contribution in [2.45, 2.75) is 24.6 Å². The van der Waals surface area contributed by atoms with E-state index in [1.807, 2.05) is 6.07 Å². The van der Waals surface area contributed by atoms with Crippen LogP contribution in [0.25, 0.3) is 10.9 Å². The highest BCUT2D eigenvalue weighted by atomic mass is 79.9. The van der Waals surface area contributed by atoms with E-state index in [2.05, 4.69) is 20.9 Å². The van der Waals surface area contributed by atoms with Gasteiger partial charge in [-0.1, -0.05) is 28.1 Å². The van der Waals surface area contributed by atoms with Gasteiger partial charge in [0.25, 0.3) is 0 Å². The number of carbonyl (C=O) groups is 2. The van der Waals surface area contributed by atoms with Gasteiger partial charge in [0.15, 0.2) is 0 Å². The molecule has 22 heavy (non-hydrogen) atoms. The summed E-state index contributed by atoms with van der Waals surface area (Å²) in [5.41, 5.74) is 2.83. The molecule has 0 amide bonds. The molecule has 0 saturated carbocycles. The van der Waals surface area contributed by atoms with Crippen molar-refractivity contribution in [3.8, 4) is 0 Å². The molecule has 1 heterocycles. The van der Waals surface area contributed by atoms with Crippen molar-refractivity contribution in [3.05, 3.63) is 35.0 Å². The zero-order chi connectivity index (χ0) is 15.9. The van der Waals surface area contributed by atoms with Crippen molar-refractivity contribution in [1.29, 1.82) is 0 Å². The smallest absolute Gasteiger partial charge is 0.337 e. The molecule has 3 rings (SSSR count). The highest BCUT2D eigenvalue weighted by Gasteiger charge is 2.33. The van der Waals surface area contributed by atoms with Crippen LogP contribution in [0, 0.1) is 5.92 Å². The Balaban J connectivity index is 2.08. The third-order valence-electron chi connectivity index (χ3n) is 4.08. The number of hydrogen-bond acceptors (Lipinski definition) is 3. The number of benzene rings is 1. The second kappa shape index (κ2) is 5.76. The standard InChI is InChI=1S/C16H16BrNO4/c1-2-22-16(21)8-6-11-9-4-3-5-10(15(19)20)13(9)18-14(11)12(17)7-8/h3-5,8,12,18H,2,6-7H2,1H3,(H,19,20). The van der Waals surface area contributed by atoms with E-state index in [1.54, 1.807) is 19.1 Å². The maximum absolute atomic E-state index is 12.0. The second-order valence-corrected chi connectivity index (χ2v) is 6.51. The Hall–Kier alpha value is -1.82. The van der Waals surface area contributed by atoms with Crippen LogP contribution in [0.3, 0.4) is 0 Å². The van der Waals surface area contributed by atoms with Gasteiger partial charge in [0.2, 0.25) is 0 Å². The summed E-state index contributed by atoms with van der Waals surface area (Å²) in [4.78, 5) is 26.6. The minimum atomic E-state index is -0.961. The SMILES string of the molecule is CCOC(=O)C1Cc2c([nH]c3c(C(=O)O)cccc23)C(Br)C1. The molecule has 2 N–H and O–H groups in total. The van der Waals surface area contributed by atoms with Gasteiger partial charge >= 0.3 is 11.9 Å². The molecule has 0 bridgehead atoms. The van der Waals surface area contributed by atoms with Gasteiger partial charge in [0, 0.05) is 11.1 Å². The molecule has 2 unspecified atom stereocenters. The van der Waals surface area contributed by atoms with Crippen LogP contribution >= 0.6 is 15.9 Å². The third-order valence-corrected chi connectivity index (χ3v) is 4.91. The highest BCUT2D eigenvalue weighted by molar-refractivity contribution is 9.09. The summed E-state index contributed by atoms with van der Waals surface area (Å²) in [5, 5.41) is 10.2. The Labute approximate surface area is 135 Å². The Morgan fingerprint density at radius 1 is 1.45 bits per heavy atom. The first kappa shape index (κ1) is 15.1. The van der Waals surface area contributed by atoms with Gasteiger partial charge in [0.1, 0.15) is 0 Å². The number of halogens is 1. The number of aromatic nitrogens is 1. The van der Waals surface area contributed by atoms with Crippen molar-refractivity contribution in [2.24, 2.45) is 5.92 Å². The van der Waals surface area contributed by atoms with Crippen molar-refractivity contribution >= 4 is 38.8 Å². The number of esters is 1. The number of aromatic carboxylic acids is 1. The number of nitrogens with one attached hydrogen (secondary N) is 1. The van der Waals surface area contributed by atoms with Crippen LogP contribution in [0.15, 0.2) is 18.2 Å². The first-order valence-electron chi connectivity index (χ1n) is 7.20. The van der Waals surface area contributed by atoms with Crippen molar-refractivity contribution < 1.29 is 19.4 Å². The normalized spacial score (nSPS) is 20.6. The number of carboxylic acids is 1. The fraction of sp³-hybridized carbons (Fsp3) is 0.375. The fourth-order valence-electron chi connectivity index (χ4n) is 3.10. The van der Waals surface area contributed by atoms with Gasteiger partial charge in [-0.25, -0.2) is 4.79 Å². The Morgan fingerprint density at radius 2 is 2.23 bits per heavy atom. The molecule has 2 aromatic rings. The summed E-state index contributed by atoms with van der Waals surface area (Å²) in [7, 11) is 0. The number of aromatic amines is 1. The molecule has 2 atom stereocenters. The van der Waals surface area contributed by atoms with E-state index in [0.717, 1.165) is 16.6 Å². The summed E-state index contributed by atoms with van der Waals surface area (Å²) < 4.78 is 5.13.